The van der Waals surface area contributed by atoms with E-state index in [2.05, 4.69) is 15.0 Å². The highest BCUT2D eigenvalue weighted by Gasteiger charge is 2.36. The molecular weight excluding hydrogens is 515 g/mol. The predicted molar refractivity (Wildman–Crippen MR) is 122 cm³/mol. The molecule has 0 saturated carbocycles. The Hall–Kier alpha value is -0.920. The molecule has 160 valence electrons. The number of hydrogen-bond donors (Lipinski definition) is 2. The predicted octanol–water partition coefficient (Wildman–Crippen LogP) is 1.66. The summed E-state index contributed by atoms with van der Waals surface area (Å²) in [7, 11) is -2.10. The van der Waals surface area contributed by atoms with Crippen molar-refractivity contribution < 1.29 is 17.9 Å². The van der Waals surface area contributed by atoms with Gasteiger partial charge in [0.1, 0.15) is 4.21 Å². The highest BCUT2D eigenvalue weighted by molar-refractivity contribution is 14.0. The smallest absolute Gasteiger partial charge is 0.310 e. The zero-order chi connectivity index (χ0) is 20.0. The zero-order valence-corrected chi connectivity index (χ0v) is 20.6. The number of halogens is 1. The van der Waals surface area contributed by atoms with Crippen molar-refractivity contribution in [3.63, 3.8) is 0 Å². The van der Waals surface area contributed by atoms with Gasteiger partial charge in [-0.1, -0.05) is 6.92 Å². The van der Waals surface area contributed by atoms with Gasteiger partial charge in [-0.2, -0.15) is 0 Å². The molecule has 0 aliphatic carbocycles. The van der Waals surface area contributed by atoms with Gasteiger partial charge in [0.25, 0.3) is 0 Å². The molecule has 8 nitrogen and oxygen atoms in total. The first-order chi connectivity index (χ1) is 12.8. The van der Waals surface area contributed by atoms with Gasteiger partial charge in [0.05, 0.1) is 19.6 Å². The second kappa shape index (κ2) is 11.3. The fourth-order valence-corrected chi connectivity index (χ4v) is 5.34. The van der Waals surface area contributed by atoms with Gasteiger partial charge < -0.3 is 15.0 Å². The molecule has 0 radical (unpaired) electrons. The lowest BCUT2D eigenvalue weighted by atomic mass is 9.99. The van der Waals surface area contributed by atoms with Crippen molar-refractivity contribution in [2.45, 2.75) is 25.0 Å². The first kappa shape index (κ1) is 25.1. The topological polar surface area (TPSA) is 100 Å². The normalized spacial score (nSPS) is 20.0. The number of methoxy groups -OCH3 is 1. The Kier molecular flexibility index (Phi) is 10.1. The number of esters is 1. The van der Waals surface area contributed by atoms with E-state index < -0.39 is 10.0 Å². The lowest BCUT2D eigenvalue weighted by molar-refractivity contribution is -0.145. The van der Waals surface area contributed by atoms with Crippen molar-refractivity contribution in [3.05, 3.63) is 17.0 Å². The lowest BCUT2D eigenvalue weighted by Gasteiger charge is -2.21. The number of aliphatic imine (C=N–C) groups is 1. The number of nitrogens with one attached hydrogen (secondary N) is 2. The second-order valence-electron chi connectivity index (χ2n) is 6.51. The quantitative estimate of drug-likeness (QED) is 0.178. The van der Waals surface area contributed by atoms with Crippen LogP contribution in [0.4, 0.5) is 0 Å². The number of carbonyl (C=O) groups excluding carboxylic acids is 1. The Bertz CT molecular complexity index is 782. The van der Waals surface area contributed by atoms with Crippen molar-refractivity contribution in [1.29, 1.82) is 0 Å². The number of rotatable bonds is 7. The Morgan fingerprint density at radius 2 is 2.11 bits per heavy atom. The van der Waals surface area contributed by atoms with Crippen molar-refractivity contribution in [1.82, 2.24) is 14.9 Å². The molecule has 1 saturated heterocycles. The van der Waals surface area contributed by atoms with Crippen LogP contribution >= 0.6 is 35.3 Å². The molecular formula is C17H29IN4O4S2. The molecule has 11 heteroatoms. The number of sulfonamides is 1. The number of carbonyl (C=O) groups is 1. The van der Waals surface area contributed by atoms with E-state index in [1.807, 2.05) is 25.7 Å². The Morgan fingerprint density at radius 1 is 1.39 bits per heavy atom. The van der Waals surface area contributed by atoms with E-state index in [4.69, 9.17) is 4.74 Å². The van der Waals surface area contributed by atoms with Gasteiger partial charge in [0.2, 0.25) is 10.0 Å². The third-order valence-electron chi connectivity index (χ3n) is 4.40. The summed E-state index contributed by atoms with van der Waals surface area (Å²) in [6, 6.07) is 3.39. The molecule has 0 amide bonds. The van der Waals surface area contributed by atoms with E-state index in [1.165, 1.54) is 18.4 Å². The largest absolute Gasteiger partial charge is 0.469 e. The van der Waals surface area contributed by atoms with E-state index >= 15 is 0 Å². The van der Waals surface area contributed by atoms with Crippen LogP contribution in [0.5, 0.6) is 0 Å². The first-order valence-electron chi connectivity index (χ1n) is 8.95. The first-order valence-corrected chi connectivity index (χ1v) is 11.3. The van der Waals surface area contributed by atoms with E-state index in [1.54, 1.807) is 12.1 Å². The van der Waals surface area contributed by atoms with E-state index in [0.29, 0.717) is 36.3 Å². The maximum absolute atomic E-state index is 12.2. The maximum Gasteiger partial charge on any atom is 0.310 e. The Balaban J connectivity index is 0.00000392. The van der Waals surface area contributed by atoms with Gasteiger partial charge in [-0.15, -0.1) is 35.3 Å². The Labute approximate surface area is 188 Å². The average molecular weight is 544 g/mol. The van der Waals surface area contributed by atoms with Gasteiger partial charge in [-0.25, -0.2) is 13.1 Å². The molecule has 28 heavy (non-hydrogen) atoms. The summed E-state index contributed by atoms with van der Waals surface area (Å²) in [5.74, 6) is 0.461. The molecule has 2 rings (SSSR count). The minimum atomic E-state index is -3.50. The van der Waals surface area contributed by atoms with Gasteiger partial charge in [-0.3, -0.25) is 9.79 Å². The summed E-state index contributed by atoms with van der Waals surface area (Å²) in [5, 5.41) is 3.20. The van der Waals surface area contributed by atoms with E-state index in [0.717, 1.165) is 4.88 Å². The number of thiophene rings is 1. The van der Waals surface area contributed by atoms with Crippen LogP contribution in [0.15, 0.2) is 21.3 Å². The molecule has 2 heterocycles. The van der Waals surface area contributed by atoms with Crippen molar-refractivity contribution in [2.75, 3.05) is 39.8 Å². The summed E-state index contributed by atoms with van der Waals surface area (Å²) < 4.78 is 32.2. The standard InChI is InChI=1S/C17H28N4O4S2.HI/c1-5-18-17(21-10-12(2)14(11-21)16(22)25-4)19-8-9-20-27(23,24)15-7-6-13(3)26-15;/h6-7,12,14,20H,5,8-11H2,1-4H3,(H,18,19);1H. The Morgan fingerprint density at radius 3 is 2.68 bits per heavy atom. The van der Waals surface area contributed by atoms with Crippen LogP contribution in [-0.4, -0.2) is 65.1 Å². The third kappa shape index (κ3) is 6.56. The van der Waals surface area contributed by atoms with Crippen LogP contribution in [-0.2, 0) is 19.6 Å². The molecule has 1 aromatic rings. The number of nitrogens with zero attached hydrogens (tertiary/aromatic N) is 2. The van der Waals surface area contributed by atoms with Crippen LogP contribution < -0.4 is 10.0 Å². The minimum Gasteiger partial charge on any atom is -0.469 e. The summed E-state index contributed by atoms with van der Waals surface area (Å²) in [6.45, 7) is 8.29. The van der Waals surface area contributed by atoms with Crippen molar-refractivity contribution >= 4 is 57.3 Å². The minimum absolute atomic E-state index is 0. The second-order valence-corrected chi connectivity index (χ2v) is 9.79. The third-order valence-corrected chi connectivity index (χ3v) is 7.35. The molecule has 0 aromatic carbocycles. The fraction of sp³-hybridized carbons (Fsp3) is 0.647. The SMILES string of the molecule is CCNC(=NCCNS(=O)(=O)c1ccc(C)s1)N1CC(C)C(C(=O)OC)C1.I. The van der Waals surface area contributed by atoms with Crippen LogP contribution in [0.25, 0.3) is 0 Å². The number of aryl methyl sites for hydroxylation is 1. The summed E-state index contributed by atoms with van der Waals surface area (Å²) in [4.78, 5) is 19.4. The molecule has 1 aliphatic rings. The molecule has 2 atom stereocenters. The van der Waals surface area contributed by atoms with Crippen LogP contribution in [0.3, 0.4) is 0 Å². The lowest BCUT2D eigenvalue weighted by Crippen LogP contribution is -2.41. The maximum atomic E-state index is 12.2. The molecule has 0 spiro atoms. The van der Waals surface area contributed by atoms with Crippen LogP contribution in [0.2, 0.25) is 0 Å². The van der Waals surface area contributed by atoms with Gasteiger partial charge in [0.15, 0.2) is 5.96 Å². The van der Waals surface area contributed by atoms with Gasteiger partial charge in [-0.05, 0) is 31.9 Å². The zero-order valence-electron chi connectivity index (χ0n) is 16.6. The summed E-state index contributed by atoms with van der Waals surface area (Å²) >= 11 is 1.24. The molecule has 1 aliphatic heterocycles. The molecule has 0 bridgehead atoms. The summed E-state index contributed by atoms with van der Waals surface area (Å²) in [5.41, 5.74) is 0. The van der Waals surface area contributed by atoms with E-state index in [9.17, 15) is 13.2 Å². The van der Waals surface area contributed by atoms with Crippen LogP contribution in [0.1, 0.15) is 18.7 Å². The molecule has 2 unspecified atom stereocenters. The van der Waals surface area contributed by atoms with Crippen LogP contribution in [0, 0.1) is 18.8 Å². The van der Waals surface area contributed by atoms with E-state index in [-0.39, 0.29) is 48.3 Å². The van der Waals surface area contributed by atoms with Gasteiger partial charge in [0, 0.05) is 31.1 Å². The highest BCUT2D eigenvalue weighted by atomic mass is 127. The van der Waals surface area contributed by atoms with Crippen molar-refractivity contribution in [2.24, 2.45) is 16.8 Å². The van der Waals surface area contributed by atoms with Crippen molar-refractivity contribution in [3.8, 4) is 0 Å². The molecule has 2 N–H and O–H groups in total. The highest BCUT2D eigenvalue weighted by Crippen LogP contribution is 2.24. The summed E-state index contributed by atoms with van der Waals surface area (Å²) in [6.07, 6.45) is 0. The molecule has 1 fully saturated rings. The number of likely N-dealkylation sites (tertiary alicyclic amines) is 1. The fourth-order valence-electron chi connectivity index (χ4n) is 2.99. The number of hydrogen-bond acceptors (Lipinski definition) is 6. The number of guanidine groups is 1. The number of ether oxygens (including phenoxy) is 1. The monoisotopic (exact) mass is 544 g/mol. The average Bonchev–Trinajstić information content (AvgIpc) is 3.23. The van der Waals surface area contributed by atoms with Gasteiger partial charge >= 0.3 is 5.97 Å². The molecule has 1 aromatic heterocycles.